The fourth-order valence-electron chi connectivity index (χ4n) is 2.80. The lowest BCUT2D eigenvalue weighted by Gasteiger charge is -2.24. The maximum Gasteiger partial charge on any atom is 0.244 e. The van der Waals surface area contributed by atoms with Crippen molar-refractivity contribution in [1.82, 2.24) is 9.62 Å². The van der Waals surface area contributed by atoms with E-state index < -0.39 is 10.0 Å². The first-order valence-electron chi connectivity index (χ1n) is 8.35. The monoisotopic (exact) mass is 370 g/mol. The van der Waals surface area contributed by atoms with E-state index in [4.69, 9.17) is 9.47 Å². The second kappa shape index (κ2) is 8.64. The number of nitrogens with one attached hydrogen (secondary N) is 1. The molecular formula is C17H26N2O5S. The molecule has 0 bridgehead atoms. The van der Waals surface area contributed by atoms with Crippen molar-refractivity contribution >= 4 is 15.9 Å². The van der Waals surface area contributed by atoms with E-state index in [0.717, 1.165) is 25.0 Å². The predicted octanol–water partition coefficient (Wildman–Crippen LogP) is 1.31. The van der Waals surface area contributed by atoms with Gasteiger partial charge in [-0.05, 0) is 37.5 Å². The van der Waals surface area contributed by atoms with E-state index in [9.17, 15) is 13.2 Å². The third kappa shape index (κ3) is 5.42. The zero-order chi connectivity index (χ0) is 18.4. The number of carbonyl (C=O) groups is 1. The Morgan fingerprint density at radius 2 is 2.20 bits per heavy atom. The largest absolute Gasteiger partial charge is 0.495 e. The number of hydrogen-bond acceptors (Lipinski definition) is 5. The van der Waals surface area contributed by atoms with E-state index in [2.05, 4.69) is 4.72 Å². The molecule has 140 valence electrons. The number of carbonyl (C=O) groups excluding carboxylic acids is 1. The summed E-state index contributed by atoms with van der Waals surface area (Å²) >= 11 is 0. The van der Waals surface area contributed by atoms with Crippen molar-refractivity contribution in [2.75, 3.05) is 33.4 Å². The molecule has 8 heteroatoms. The summed E-state index contributed by atoms with van der Waals surface area (Å²) in [6.45, 7) is 4.93. The van der Waals surface area contributed by atoms with Crippen LogP contribution < -0.4 is 9.46 Å². The van der Waals surface area contributed by atoms with Crippen molar-refractivity contribution in [1.29, 1.82) is 0 Å². The summed E-state index contributed by atoms with van der Waals surface area (Å²) in [4.78, 5) is 13.5. The Balaban J connectivity index is 1.98. The molecule has 1 aliphatic rings. The number of nitrogens with zero attached hydrogens (tertiary/aromatic N) is 1. The quantitative estimate of drug-likeness (QED) is 0.746. The van der Waals surface area contributed by atoms with Gasteiger partial charge >= 0.3 is 0 Å². The number of amides is 1. The Kier molecular flexibility index (Phi) is 6.80. The molecule has 1 unspecified atom stereocenters. The molecular weight excluding hydrogens is 344 g/mol. The second-order valence-corrected chi connectivity index (χ2v) is 7.89. The van der Waals surface area contributed by atoms with Crippen LogP contribution in [0.15, 0.2) is 23.1 Å². The van der Waals surface area contributed by atoms with Gasteiger partial charge in [-0.25, -0.2) is 13.1 Å². The van der Waals surface area contributed by atoms with E-state index in [-0.39, 0.29) is 23.5 Å². The molecule has 1 aromatic rings. The first-order valence-corrected chi connectivity index (χ1v) is 9.83. The molecule has 0 radical (unpaired) electrons. The Hall–Kier alpha value is -1.64. The highest BCUT2D eigenvalue weighted by atomic mass is 32.2. The minimum atomic E-state index is -3.72. The highest BCUT2D eigenvalue weighted by Gasteiger charge is 2.22. The normalized spacial score (nSPS) is 17.5. The summed E-state index contributed by atoms with van der Waals surface area (Å²) in [5.74, 6) is 0.198. The van der Waals surface area contributed by atoms with E-state index >= 15 is 0 Å². The van der Waals surface area contributed by atoms with E-state index in [0.29, 0.717) is 18.8 Å². The van der Waals surface area contributed by atoms with Crippen LogP contribution in [0.1, 0.15) is 25.3 Å². The van der Waals surface area contributed by atoms with Gasteiger partial charge in [-0.15, -0.1) is 0 Å². The van der Waals surface area contributed by atoms with Crippen LogP contribution in [0.5, 0.6) is 5.75 Å². The zero-order valence-corrected chi connectivity index (χ0v) is 15.8. The number of ether oxygens (including phenoxy) is 2. The third-order valence-corrected chi connectivity index (χ3v) is 5.66. The zero-order valence-electron chi connectivity index (χ0n) is 14.9. The van der Waals surface area contributed by atoms with Gasteiger partial charge in [0.2, 0.25) is 15.9 Å². The van der Waals surface area contributed by atoms with Gasteiger partial charge in [0.25, 0.3) is 0 Å². The van der Waals surface area contributed by atoms with Crippen molar-refractivity contribution in [3.05, 3.63) is 23.8 Å². The summed E-state index contributed by atoms with van der Waals surface area (Å²) in [5, 5.41) is 0. The average Bonchev–Trinajstić information content (AvgIpc) is 3.06. The molecule has 1 N–H and O–H groups in total. The van der Waals surface area contributed by atoms with Crippen LogP contribution in [-0.2, 0) is 19.6 Å². The molecule has 0 aromatic heterocycles. The molecule has 1 saturated heterocycles. The molecule has 25 heavy (non-hydrogen) atoms. The molecule has 0 aliphatic carbocycles. The van der Waals surface area contributed by atoms with Crippen LogP contribution in [-0.4, -0.2) is 58.7 Å². The number of aryl methyl sites for hydroxylation is 1. The van der Waals surface area contributed by atoms with Gasteiger partial charge in [0.1, 0.15) is 10.6 Å². The van der Waals surface area contributed by atoms with E-state index in [1.807, 2.05) is 6.92 Å². The minimum Gasteiger partial charge on any atom is -0.495 e. The van der Waals surface area contributed by atoms with Crippen LogP contribution in [0.3, 0.4) is 0 Å². The summed E-state index contributed by atoms with van der Waals surface area (Å²) in [7, 11) is -2.29. The van der Waals surface area contributed by atoms with Gasteiger partial charge in [-0.2, -0.15) is 0 Å². The highest BCUT2D eigenvalue weighted by Crippen LogP contribution is 2.24. The molecule has 1 aliphatic heterocycles. The SMILES string of the molecule is COc1ccc(C)cc1S(=O)(=O)NCCN(CC1CCCO1)C(C)=O. The molecule has 1 fully saturated rings. The first kappa shape index (κ1) is 19.7. The van der Waals surface area contributed by atoms with Crippen LogP contribution in [0.2, 0.25) is 0 Å². The smallest absolute Gasteiger partial charge is 0.244 e. The number of methoxy groups -OCH3 is 1. The average molecular weight is 370 g/mol. The van der Waals surface area contributed by atoms with Crippen LogP contribution in [0.4, 0.5) is 0 Å². The highest BCUT2D eigenvalue weighted by molar-refractivity contribution is 7.89. The van der Waals surface area contributed by atoms with Gasteiger partial charge in [-0.3, -0.25) is 4.79 Å². The van der Waals surface area contributed by atoms with Gasteiger partial charge < -0.3 is 14.4 Å². The summed E-state index contributed by atoms with van der Waals surface area (Å²) in [5.41, 5.74) is 0.824. The lowest BCUT2D eigenvalue weighted by Crippen LogP contribution is -2.41. The maximum atomic E-state index is 12.5. The summed E-state index contributed by atoms with van der Waals surface area (Å²) in [6.07, 6.45) is 1.96. The van der Waals surface area contributed by atoms with Crippen molar-refractivity contribution in [2.24, 2.45) is 0 Å². The summed E-state index contributed by atoms with van der Waals surface area (Å²) < 4.78 is 38.3. The topological polar surface area (TPSA) is 84.9 Å². The first-order chi connectivity index (χ1) is 11.8. The van der Waals surface area contributed by atoms with Gasteiger partial charge in [0.15, 0.2) is 0 Å². The number of benzene rings is 1. The molecule has 1 heterocycles. The van der Waals surface area contributed by atoms with E-state index in [1.165, 1.54) is 14.0 Å². The summed E-state index contributed by atoms with van der Waals surface area (Å²) in [6, 6.07) is 4.98. The lowest BCUT2D eigenvalue weighted by molar-refractivity contribution is -0.130. The Labute approximate surface area is 149 Å². The van der Waals surface area contributed by atoms with E-state index in [1.54, 1.807) is 23.1 Å². The minimum absolute atomic E-state index is 0.0392. The van der Waals surface area contributed by atoms with Crippen LogP contribution in [0.25, 0.3) is 0 Å². The maximum absolute atomic E-state index is 12.5. The molecule has 1 aromatic carbocycles. The Morgan fingerprint density at radius 1 is 1.44 bits per heavy atom. The standard InChI is InChI=1S/C17H26N2O5S/c1-13-6-7-16(23-3)17(11-13)25(21,22)18-8-9-19(14(2)20)12-15-5-4-10-24-15/h6-7,11,15,18H,4-5,8-10,12H2,1-3H3. The molecule has 0 spiro atoms. The number of sulfonamides is 1. The number of rotatable bonds is 8. The number of hydrogen-bond donors (Lipinski definition) is 1. The molecule has 2 rings (SSSR count). The van der Waals surface area contributed by atoms with Crippen molar-refractivity contribution in [3.63, 3.8) is 0 Å². The molecule has 7 nitrogen and oxygen atoms in total. The predicted molar refractivity (Wildman–Crippen MR) is 94.1 cm³/mol. The second-order valence-electron chi connectivity index (χ2n) is 6.15. The Morgan fingerprint density at radius 3 is 2.80 bits per heavy atom. The van der Waals surface area contributed by atoms with Crippen molar-refractivity contribution in [2.45, 2.75) is 37.7 Å². The third-order valence-electron chi connectivity index (χ3n) is 4.18. The van der Waals surface area contributed by atoms with Crippen LogP contribution >= 0.6 is 0 Å². The fraction of sp³-hybridized carbons (Fsp3) is 0.588. The molecule has 1 atom stereocenters. The van der Waals surface area contributed by atoms with Gasteiger partial charge in [-0.1, -0.05) is 6.07 Å². The van der Waals surface area contributed by atoms with Crippen molar-refractivity contribution in [3.8, 4) is 5.75 Å². The van der Waals surface area contributed by atoms with Crippen LogP contribution in [0, 0.1) is 6.92 Å². The van der Waals surface area contributed by atoms with Crippen molar-refractivity contribution < 1.29 is 22.7 Å². The fourth-order valence-corrected chi connectivity index (χ4v) is 4.07. The van der Waals surface area contributed by atoms with Gasteiger partial charge in [0.05, 0.1) is 13.2 Å². The Bertz CT molecular complexity index is 699. The molecule has 0 saturated carbocycles. The molecule has 1 amide bonds. The lowest BCUT2D eigenvalue weighted by atomic mass is 10.2. The van der Waals surface area contributed by atoms with Gasteiger partial charge in [0, 0.05) is 33.2 Å².